The molecule has 1 aromatic rings. The Hall–Kier alpha value is -1.30. The number of rotatable bonds is 2. The maximum Gasteiger partial charge on any atom is 0.0605 e. The van der Waals surface area contributed by atoms with Crippen LogP contribution in [0.1, 0.15) is 43.2 Å². The van der Waals surface area contributed by atoms with Gasteiger partial charge in [0.15, 0.2) is 0 Å². The molecule has 117 valence electrons. The molecule has 2 aliphatic heterocycles. The van der Waals surface area contributed by atoms with Crippen LogP contribution in [0.5, 0.6) is 0 Å². The summed E-state index contributed by atoms with van der Waals surface area (Å²) in [5.41, 5.74) is 2.14. The van der Waals surface area contributed by atoms with Crippen LogP contribution in [0, 0.1) is 18.8 Å². The molecule has 0 bridgehead atoms. The van der Waals surface area contributed by atoms with Gasteiger partial charge in [0.25, 0.3) is 0 Å². The van der Waals surface area contributed by atoms with E-state index in [0.717, 1.165) is 23.7 Å². The Morgan fingerprint density at radius 1 is 0.955 bits per heavy atom. The molecule has 2 fully saturated rings. The van der Waals surface area contributed by atoms with Crippen molar-refractivity contribution in [1.82, 2.24) is 9.80 Å². The van der Waals surface area contributed by atoms with Crippen LogP contribution in [-0.4, -0.2) is 48.6 Å². The number of hydrogen-bond acceptors (Lipinski definition) is 2. The van der Waals surface area contributed by atoms with E-state index >= 15 is 0 Å². The lowest BCUT2D eigenvalue weighted by Crippen LogP contribution is -2.46. The van der Waals surface area contributed by atoms with Crippen molar-refractivity contribution < 1.29 is 0 Å². The first-order chi connectivity index (χ1) is 10.8. The van der Waals surface area contributed by atoms with Crippen molar-refractivity contribution in [1.29, 1.82) is 0 Å². The molecule has 0 aromatic heterocycles. The molecule has 2 heterocycles. The quantitative estimate of drug-likeness (QED) is 0.773. The van der Waals surface area contributed by atoms with Gasteiger partial charge in [-0.15, -0.1) is 0 Å². The fraction of sp³-hybridized carbons (Fsp3) is 0.550. The third-order valence-electron chi connectivity index (χ3n) is 4.95. The summed E-state index contributed by atoms with van der Waals surface area (Å²) in [6.45, 7) is 9.86. The maximum atomic E-state index is 3.90. The zero-order valence-electron chi connectivity index (χ0n) is 13.6. The number of nitrogens with zero attached hydrogens (tertiary/aromatic N) is 2. The van der Waals surface area contributed by atoms with Gasteiger partial charge in [0.2, 0.25) is 0 Å². The van der Waals surface area contributed by atoms with Crippen LogP contribution < -0.4 is 0 Å². The molecule has 0 saturated carbocycles. The van der Waals surface area contributed by atoms with Crippen LogP contribution in [0.3, 0.4) is 0 Å². The largest absolute Gasteiger partial charge is 0.300 e. The van der Waals surface area contributed by atoms with Gasteiger partial charge >= 0.3 is 0 Å². The second-order valence-corrected chi connectivity index (χ2v) is 6.60. The Bertz CT molecular complexity index is 509. The molecule has 1 radical (unpaired) electrons. The van der Waals surface area contributed by atoms with Crippen molar-refractivity contribution >= 4 is 0 Å². The van der Waals surface area contributed by atoms with Crippen molar-refractivity contribution in [3.8, 4) is 11.8 Å². The standard InChI is InChI=1S/C20H27N2/c1-18-7-9-19(10-8-18)6-5-13-21-16-11-20(12-17-21)22-14-3-2-4-15-22/h7-10,20H,1-4,11-17H2. The number of benzene rings is 1. The molecule has 22 heavy (non-hydrogen) atoms. The lowest BCUT2D eigenvalue weighted by molar-refractivity contribution is 0.0982. The lowest BCUT2D eigenvalue weighted by Gasteiger charge is -2.39. The molecule has 1 aromatic carbocycles. The van der Waals surface area contributed by atoms with E-state index in [9.17, 15) is 0 Å². The Balaban J connectivity index is 1.43. The Kier molecular flexibility index (Phi) is 5.53. The monoisotopic (exact) mass is 295 g/mol. The van der Waals surface area contributed by atoms with Crippen molar-refractivity contribution in [3.63, 3.8) is 0 Å². The minimum absolute atomic E-state index is 0.828. The predicted molar refractivity (Wildman–Crippen MR) is 92.7 cm³/mol. The summed E-state index contributed by atoms with van der Waals surface area (Å²) in [6.07, 6.45) is 6.87. The maximum absolute atomic E-state index is 3.90. The molecule has 0 atom stereocenters. The van der Waals surface area contributed by atoms with Gasteiger partial charge in [-0.25, -0.2) is 0 Å². The number of hydrogen-bond donors (Lipinski definition) is 0. The first-order valence-corrected chi connectivity index (χ1v) is 8.68. The Morgan fingerprint density at radius 3 is 2.32 bits per heavy atom. The van der Waals surface area contributed by atoms with Gasteiger partial charge in [-0.1, -0.05) is 30.4 Å². The first kappa shape index (κ1) is 15.6. The lowest BCUT2D eigenvalue weighted by atomic mass is 10.00. The second-order valence-electron chi connectivity index (χ2n) is 6.60. The summed E-state index contributed by atoms with van der Waals surface area (Å²) in [4.78, 5) is 5.23. The summed E-state index contributed by atoms with van der Waals surface area (Å²) in [5.74, 6) is 6.59. The summed E-state index contributed by atoms with van der Waals surface area (Å²) in [5, 5.41) is 0. The van der Waals surface area contributed by atoms with Crippen LogP contribution in [0.4, 0.5) is 0 Å². The number of piperidine rings is 2. The summed E-state index contributed by atoms with van der Waals surface area (Å²) >= 11 is 0. The molecule has 0 aliphatic carbocycles. The van der Waals surface area contributed by atoms with E-state index < -0.39 is 0 Å². The van der Waals surface area contributed by atoms with Gasteiger partial charge in [-0.2, -0.15) is 0 Å². The summed E-state index contributed by atoms with van der Waals surface area (Å²) < 4.78 is 0. The van der Waals surface area contributed by atoms with E-state index in [2.05, 4.69) is 40.7 Å². The fourth-order valence-corrected chi connectivity index (χ4v) is 3.57. The molecular weight excluding hydrogens is 268 g/mol. The van der Waals surface area contributed by atoms with Gasteiger partial charge in [-0.05, 0) is 63.4 Å². The topological polar surface area (TPSA) is 6.48 Å². The van der Waals surface area contributed by atoms with Crippen molar-refractivity contribution in [2.75, 3.05) is 32.7 Å². The second kappa shape index (κ2) is 7.81. The highest BCUT2D eigenvalue weighted by Crippen LogP contribution is 2.20. The number of likely N-dealkylation sites (tertiary alicyclic amines) is 2. The average molecular weight is 295 g/mol. The Labute approximate surface area is 135 Å². The van der Waals surface area contributed by atoms with Crippen LogP contribution in [-0.2, 0) is 0 Å². The van der Waals surface area contributed by atoms with E-state index in [-0.39, 0.29) is 0 Å². The third kappa shape index (κ3) is 4.35. The smallest absolute Gasteiger partial charge is 0.0605 e. The molecule has 0 N–H and O–H groups in total. The molecule has 2 saturated heterocycles. The van der Waals surface area contributed by atoms with Crippen molar-refractivity contribution in [2.45, 2.75) is 38.1 Å². The van der Waals surface area contributed by atoms with Crippen LogP contribution >= 0.6 is 0 Å². The molecule has 2 nitrogen and oxygen atoms in total. The van der Waals surface area contributed by atoms with Crippen molar-refractivity contribution in [3.05, 3.63) is 42.3 Å². The highest BCUT2D eigenvalue weighted by Gasteiger charge is 2.24. The van der Waals surface area contributed by atoms with E-state index in [4.69, 9.17) is 0 Å². The van der Waals surface area contributed by atoms with Gasteiger partial charge in [0.1, 0.15) is 0 Å². The zero-order valence-corrected chi connectivity index (χ0v) is 13.6. The molecule has 2 aliphatic rings. The predicted octanol–water partition coefficient (Wildman–Crippen LogP) is 3.17. The molecule has 0 unspecified atom stereocenters. The van der Waals surface area contributed by atoms with Crippen molar-refractivity contribution in [2.24, 2.45) is 0 Å². The van der Waals surface area contributed by atoms with Crippen LogP contribution in [0.2, 0.25) is 0 Å². The van der Waals surface area contributed by atoms with Gasteiger partial charge in [0, 0.05) is 24.7 Å². The SMILES string of the molecule is [CH2]c1ccc(C#CCN2CCC(N3CCCCC3)CC2)cc1. The molecule has 0 spiro atoms. The molecule has 3 rings (SSSR count). The minimum atomic E-state index is 0.828. The average Bonchev–Trinajstić information content (AvgIpc) is 2.58. The van der Waals surface area contributed by atoms with Gasteiger partial charge in [0.05, 0.1) is 6.54 Å². The fourth-order valence-electron chi connectivity index (χ4n) is 3.57. The summed E-state index contributed by atoms with van der Waals surface area (Å²) in [7, 11) is 0. The van der Waals surface area contributed by atoms with E-state index in [1.807, 2.05) is 12.1 Å². The van der Waals surface area contributed by atoms with Gasteiger partial charge < -0.3 is 4.90 Å². The van der Waals surface area contributed by atoms with Gasteiger partial charge in [-0.3, -0.25) is 4.90 Å². The third-order valence-corrected chi connectivity index (χ3v) is 4.95. The van der Waals surface area contributed by atoms with Crippen LogP contribution in [0.25, 0.3) is 0 Å². The highest BCUT2D eigenvalue weighted by molar-refractivity contribution is 5.36. The molecule has 2 heteroatoms. The zero-order chi connectivity index (χ0) is 15.2. The Morgan fingerprint density at radius 2 is 1.64 bits per heavy atom. The van der Waals surface area contributed by atoms with E-state index in [1.54, 1.807) is 0 Å². The normalized spacial score (nSPS) is 21.3. The minimum Gasteiger partial charge on any atom is -0.300 e. The summed E-state index contributed by atoms with van der Waals surface area (Å²) in [6, 6.07) is 8.98. The highest BCUT2D eigenvalue weighted by atomic mass is 15.2. The first-order valence-electron chi connectivity index (χ1n) is 8.68. The molecule has 0 amide bonds. The van der Waals surface area contributed by atoms with Crippen LogP contribution in [0.15, 0.2) is 24.3 Å². The van der Waals surface area contributed by atoms with E-state index in [0.29, 0.717) is 0 Å². The van der Waals surface area contributed by atoms with E-state index in [1.165, 1.54) is 58.3 Å². The molecular formula is C20H27N2.